The summed E-state index contributed by atoms with van der Waals surface area (Å²) in [7, 11) is 0. The van der Waals surface area contributed by atoms with Gasteiger partial charge in [-0.25, -0.2) is 8.78 Å². The van der Waals surface area contributed by atoms with Crippen molar-refractivity contribution in [3.8, 4) is 0 Å². The van der Waals surface area contributed by atoms with Crippen molar-refractivity contribution in [2.75, 3.05) is 0 Å². The Bertz CT molecular complexity index is 409. The van der Waals surface area contributed by atoms with Crippen molar-refractivity contribution >= 4 is 11.0 Å². The van der Waals surface area contributed by atoms with Crippen LogP contribution in [-0.4, -0.2) is 16.4 Å². The van der Waals surface area contributed by atoms with Gasteiger partial charge >= 0.3 is 0 Å². The first-order valence-electron chi connectivity index (χ1n) is 3.96. The van der Waals surface area contributed by atoms with Crippen LogP contribution in [0.5, 0.6) is 0 Å². The molecule has 0 aliphatic heterocycles. The molecule has 4 heteroatoms. The first kappa shape index (κ1) is 8.16. The molecule has 2 rings (SSSR count). The fourth-order valence-electron chi connectivity index (χ4n) is 1.33. The monoisotopic (exact) mass is 182 g/mol. The molecule has 0 aromatic carbocycles. The third-order valence-corrected chi connectivity index (χ3v) is 1.89. The van der Waals surface area contributed by atoms with Crippen LogP contribution in [0.25, 0.3) is 11.0 Å². The number of nitrogens with one attached hydrogen (secondary N) is 1. The van der Waals surface area contributed by atoms with Gasteiger partial charge in [0.05, 0.1) is 11.0 Å². The summed E-state index contributed by atoms with van der Waals surface area (Å²) in [5.41, 5.74) is 2.02. The van der Waals surface area contributed by atoms with E-state index in [4.69, 9.17) is 0 Å². The number of alkyl halides is 2. The minimum atomic E-state index is -2.32. The molecule has 1 N–H and O–H groups in total. The third-order valence-electron chi connectivity index (χ3n) is 1.89. The van der Waals surface area contributed by atoms with Gasteiger partial charge < -0.3 is 4.98 Å². The van der Waals surface area contributed by atoms with Crippen molar-refractivity contribution in [2.24, 2.45) is 0 Å². The predicted molar refractivity (Wildman–Crippen MR) is 45.8 cm³/mol. The molecule has 68 valence electrons. The van der Waals surface area contributed by atoms with Crippen molar-refractivity contribution < 1.29 is 8.78 Å². The molecule has 2 aromatic heterocycles. The lowest BCUT2D eigenvalue weighted by molar-refractivity contribution is 0.149. The molecule has 0 bridgehead atoms. The van der Waals surface area contributed by atoms with Crippen molar-refractivity contribution in [1.82, 2.24) is 9.97 Å². The summed E-state index contributed by atoms with van der Waals surface area (Å²) in [6, 6.07) is 3.59. The van der Waals surface area contributed by atoms with Crippen LogP contribution >= 0.6 is 0 Å². The Morgan fingerprint density at radius 2 is 2.31 bits per heavy atom. The number of aromatic nitrogens is 2. The minimum Gasteiger partial charge on any atom is -0.360 e. The molecule has 0 saturated heterocycles. The van der Waals surface area contributed by atoms with Gasteiger partial charge in [0.25, 0.3) is 0 Å². The van der Waals surface area contributed by atoms with Gasteiger partial charge in [-0.2, -0.15) is 0 Å². The van der Waals surface area contributed by atoms with E-state index < -0.39 is 6.43 Å². The van der Waals surface area contributed by atoms with Gasteiger partial charge in [-0.3, -0.25) is 4.98 Å². The number of pyridine rings is 1. The van der Waals surface area contributed by atoms with Crippen LogP contribution in [0.15, 0.2) is 24.5 Å². The Hall–Kier alpha value is -1.45. The van der Waals surface area contributed by atoms with Crippen LogP contribution in [0.4, 0.5) is 8.78 Å². The smallest absolute Gasteiger partial charge is 0.242 e. The fourth-order valence-corrected chi connectivity index (χ4v) is 1.33. The highest BCUT2D eigenvalue weighted by atomic mass is 19.3. The molecular formula is C9H8F2N2. The molecule has 0 atom stereocenters. The highest BCUT2D eigenvalue weighted by Gasteiger charge is 2.09. The van der Waals surface area contributed by atoms with Crippen LogP contribution in [0.3, 0.4) is 0 Å². The van der Waals surface area contributed by atoms with E-state index in [-0.39, 0.29) is 6.42 Å². The van der Waals surface area contributed by atoms with E-state index in [2.05, 4.69) is 9.97 Å². The van der Waals surface area contributed by atoms with Crippen LogP contribution in [0, 0.1) is 0 Å². The predicted octanol–water partition coefficient (Wildman–Crippen LogP) is 2.37. The second-order valence-electron chi connectivity index (χ2n) is 2.81. The zero-order chi connectivity index (χ0) is 9.26. The third kappa shape index (κ3) is 1.52. The summed E-state index contributed by atoms with van der Waals surface area (Å²) in [5.74, 6) is 0. The number of rotatable bonds is 2. The van der Waals surface area contributed by atoms with Crippen molar-refractivity contribution in [3.63, 3.8) is 0 Å². The van der Waals surface area contributed by atoms with Crippen molar-refractivity contribution in [1.29, 1.82) is 0 Å². The number of aromatic amines is 1. The summed E-state index contributed by atoms with van der Waals surface area (Å²) < 4.78 is 24.2. The number of fused-ring (bicyclic) bond motifs is 1. The number of halogens is 2. The average Bonchev–Trinajstić information content (AvgIpc) is 2.48. The summed E-state index contributed by atoms with van der Waals surface area (Å²) >= 11 is 0. The van der Waals surface area contributed by atoms with E-state index in [1.807, 2.05) is 6.07 Å². The lowest BCUT2D eigenvalue weighted by atomic mass is 10.2. The molecule has 0 spiro atoms. The molecule has 0 aliphatic rings. The van der Waals surface area contributed by atoms with Crippen molar-refractivity contribution in [2.45, 2.75) is 12.8 Å². The molecule has 2 heterocycles. The van der Waals surface area contributed by atoms with Crippen LogP contribution < -0.4 is 0 Å². The van der Waals surface area contributed by atoms with Gasteiger partial charge in [0, 0.05) is 24.4 Å². The number of hydrogen-bond acceptors (Lipinski definition) is 1. The van der Waals surface area contributed by atoms with Gasteiger partial charge in [0.1, 0.15) is 0 Å². The van der Waals surface area contributed by atoms with Crippen LogP contribution in [0.1, 0.15) is 5.56 Å². The first-order valence-corrected chi connectivity index (χ1v) is 3.96. The molecule has 0 amide bonds. The van der Waals surface area contributed by atoms with E-state index in [1.54, 1.807) is 18.5 Å². The zero-order valence-electron chi connectivity index (χ0n) is 6.80. The maximum atomic E-state index is 12.1. The molecule has 0 saturated carbocycles. The number of hydrogen-bond donors (Lipinski definition) is 1. The topological polar surface area (TPSA) is 28.7 Å². The van der Waals surface area contributed by atoms with Crippen LogP contribution in [-0.2, 0) is 6.42 Å². The van der Waals surface area contributed by atoms with E-state index in [1.165, 1.54) is 0 Å². The SMILES string of the molecule is FC(F)Cc1c[nH]c2cccnc12. The van der Waals surface area contributed by atoms with E-state index >= 15 is 0 Å². The molecule has 2 aromatic rings. The Kier molecular flexibility index (Phi) is 1.96. The molecule has 2 nitrogen and oxygen atoms in total. The Morgan fingerprint density at radius 1 is 1.46 bits per heavy atom. The Labute approximate surface area is 73.6 Å². The number of H-pyrrole nitrogens is 1. The normalized spacial score (nSPS) is 11.3. The largest absolute Gasteiger partial charge is 0.360 e. The summed E-state index contributed by atoms with van der Waals surface area (Å²) in [6.07, 6.45) is 0.632. The molecule has 13 heavy (non-hydrogen) atoms. The lowest BCUT2D eigenvalue weighted by Gasteiger charge is -1.95. The zero-order valence-corrected chi connectivity index (χ0v) is 6.80. The maximum absolute atomic E-state index is 12.1. The average molecular weight is 182 g/mol. The van der Waals surface area contributed by atoms with E-state index in [0.29, 0.717) is 11.1 Å². The highest BCUT2D eigenvalue weighted by Crippen LogP contribution is 2.17. The molecule has 0 aliphatic carbocycles. The second-order valence-corrected chi connectivity index (χ2v) is 2.81. The highest BCUT2D eigenvalue weighted by molar-refractivity contribution is 5.78. The van der Waals surface area contributed by atoms with Gasteiger partial charge in [-0.1, -0.05) is 0 Å². The van der Waals surface area contributed by atoms with Crippen LogP contribution in [0.2, 0.25) is 0 Å². The van der Waals surface area contributed by atoms with Gasteiger partial charge in [-0.15, -0.1) is 0 Å². The summed E-state index contributed by atoms with van der Waals surface area (Å²) in [5, 5.41) is 0. The fraction of sp³-hybridized carbons (Fsp3) is 0.222. The Balaban J connectivity index is 2.46. The van der Waals surface area contributed by atoms with E-state index in [9.17, 15) is 8.78 Å². The van der Waals surface area contributed by atoms with Gasteiger partial charge in [0.2, 0.25) is 6.43 Å². The summed E-state index contributed by atoms with van der Waals surface area (Å²) in [4.78, 5) is 6.93. The number of nitrogens with zero attached hydrogens (tertiary/aromatic N) is 1. The maximum Gasteiger partial charge on any atom is 0.242 e. The van der Waals surface area contributed by atoms with E-state index in [0.717, 1.165) is 5.52 Å². The first-order chi connectivity index (χ1) is 6.27. The lowest BCUT2D eigenvalue weighted by Crippen LogP contribution is -1.95. The van der Waals surface area contributed by atoms with Gasteiger partial charge in [0.15, 0.2) is 0 Å². The minimum absolute atomic E-state index is 0.239. The quantitative estimate of drug-likeness (QED) is 0.758. The van der Waals surface area contributed by atoms with Crippen molar-refractivity contribution in [3.05, 3.63) is 30.1 Å². The summed E-state index contributed by atoms with van der Waals surface area (Å²) in [6.45, 7) is 0. The molecule has 0 fully saturated rings. The molecular weight excluding hydrogens is 174 g/mol. The standard InChI is InChI=1S/C9H8F2N2/c10-8(11)4-6-5-13-7-2-1-3-12-9(6)7/h1-3,5,8,13H,4H2. The molecule has 0 unspecified atom stereocenters. The van der Waals surface area contributed by atoms with Gasteiger partial charge in [-0.05, 0) is 12.1 Å². The second kappa shape index (κ2) is 3.12. The Morgan fingerprint density at radius 3 is 3.08 bits per heavy atom. The molecule has 0 radical (unpaired) electrons.